The summed E-state index contributed by atoms with van der Waals surface area (Å²) in [6, 6.07) is 11.0. The van der Waals surface area contributed by atoms with Crippen molar-refractivity contribution in [2.24, 2.45) is 11.6 Å². The van der Waals surface area contributed by atoms with Crippen molar-refractivity contribution in [1.29, 1.82) is 0 Å². The zero-order chi connectivity index (χ0) is 21.3. The summed E-state index contributed by atoms with van der Waals surface area (Å²) >= 11 is 0. The third-order valence-corrected chi connectivity index (χ3v) is 5.31. The van der Waals surface area contributed by atoms with Crippen molar-refractivity contribution in [3.63, 3.8) is 0 Å². The maximum atomic E-state index is 10.5. The molecule has 0 spiro atoms. The molecule has 4 rings (SSSR count). The van der Waals surface area contributed by atoms with Crippen LogP contribution in [0.25, 0.3) is 16.6 Å². The molecule has 7 N–H and O–H groups in total. The van der Waals surface area contributed by atoms with Gasteiger partial charge in [0.2, 0.25) is 5.95 Å². The molecular weight excluding hydrogens is 382 g/mol. The van der Waals surface area contributed by atoms with Gasteiger partial charge in [-0.25, -0.2) is 15.8 Å². The Morgan fingerprint density at radius 1 is 1.20 bits per heavy atom. The van der Waals surface area contributed by atoms with Gasteiger partial charge in [0, 0.05) is 11.6 Å². The summed E-state index contributed by atoms with van der Waals surface area (Å²) in [5.41, 5.74) is 14.1. The number of benzene rings is 1. The fourth-order valence-corrected chi connectivity index (χ4v) is 3.59. The summed E-state index contributed by atoms with van der Waals surface area (Å²) in [7, 11) is 1.56. The number of methoxy groups -OCH3 is 1. The minimum Gasteiger partial charge on any atom is -0.494 e. The van der Waals surface area contributed by atoms with Gasteiger partial charge in [0.1, 0.15) is 22.6 Å². The largest absolute Gasteiger partial charge is 0.494 e. The van der Waals surface area contributed by atoms with Gasteiger partial charge in [0.25, 0.3) is 0 Å². The molecule has 3 aromatic rings. The SMILES string of the molecule is COc1cccc2c(/C(N)=C/N(N)Cc3cccc(C4(O)CCC4)n3)nc(N)nc12. The van der Waals surface area contributed by atoms with Gasteiger partial charge in [-0.2, -0.15) is 0 Å². The molecule has 2 heterocycles. The highest BCUT2D eigenvalue weighted by atomic mass is 16.5. The second kappa shape index (κ2) is 7.77. The predicted molar refractivity (Wildman–Crippen MR) is 114 cm³/mol. The molecule has 9 heteroatoms. The lowest BCUT2D eigenvalue weighted by Crippen LogP contribution is -2.35. The summed E-state index contributed by atoms with van der Waals surface area (Å²) in [5.74, 6) is 6.83. The summed E-state index contributed by atoms with van der Waals surface area (Å²) in [5, 5.41) is 12.7. The first-order valence-corrected chi connectivity index (χ1v) is 9.67. The molecule has 9 nitrogen and oxygen atoms in total. The number of nitrogens with zero attached hydrogens (tertiary/aromatic N) is 4. The van der Waals surface area contributed by atoms with Crippen LogP contribution in [0.4, 0.5) is 5.95 Å². The molecule has 0 aliphatic heterocycles. The molecule has 0 atom stereocenters. The number of hydrogen-bond donors (Lipinski definition) is 4. The predicted octanol–water partition coefficient (Wildman–Crippen LogP) is 1.62. The van der Waals surface area contributed by atoms with Gasteiger partial charge in [0.05, 0.1) is 30.7 Å². The molecule has 1 saturated carbocycles. The zero-order valence-corrected chi connectivity index (χ0v) is 16.7. The van der Waals surface area contributed by atoms with Gasteiger partial charge in [-0.15, -0.1) is 0 Å². The smallest absolute Gasteiger partial charge is 0.221 e. The number of ether oxygens (including phenoxy) is 1. The molecule has 0 bridgehead atoms. The fourth-order valence-electron chi connectivity index (χ4n) is 3.59. The van der Waals surface area contributed by atoms with Crippen molar-refractivity contribution >= 4 is 22.5 Å². The Kier molecular flexibility index (Phi) is 5.15. The van der Waals surface area contributed by atoms with E-state index in [0.29, 0.717) is 40.3 Å². The van der Waals surface area contributed by atoms with E-state index in [-0.39, 0.29) is 5.95 Å². The second-order valence-electron chi connectivity index (χ2n) is 7.44. The number of nitrogens with two attached hydrogens (primary N) is 3. The normalized spacial score (nSPS) is 15.6. The Morgan fingerprint density at radius 2 is 1.97 bits per heavy atom. The number of anilines is 1. The van der Waals surface area contributed by atoms with Crippen molar-refractivity contribution in [2.45, 2.75) is 31.4 Å². The molecule has 156 valence electrons. The van der Waals surface area contributed by atoms with E-state index in [9.17, 15) is 5.11 Å². The number of hydrogen-bond acceptors (Lipinski definition) is 9. The average Bonchev–Trinajstić information content (AvgIpc) is 2.71. The maximum Gasteiger partial charge on any atom is 0.221 e. The lowest BCUT2D eigenvalue weighted by molar-refractivity contribution is -0.0428. The van der Waals surface area contributed by atoms with Crippen LogP contribution in [0, 0.1) is 0 Å². The number of pyridine rings is 1. The minimum atomic E-state index is -0.819. The third kappa shape index (κ3) is 3.72. The number of aromatic nitrogens is 3. The Labute approximate surface area is 174 Å². The molecule has 1 aliphatic carbocycles. The molecule has 1 fully saturated rings. The topological polar surface area (TPSA) is 149 Å². The molecule has 30 heavy (non-hydrogen) atoms. The van der Waals surface area contributed by atoms with Crippen LogP contribution in [-0.2, 0) is 12.1 Å². The summed E-state index contributed by atoms with van der Waals surface area (Å²) in [6.45, 7) is 0.312. The van der Waals surface area contributed by atoms with E-state index in [1.165, 1.54) is 5.01 Å². The molecule has 1 aromatic carbocycles. The molecule has 0 amide bonds. The number of fused-ring (bicyclic) bond motifs is 1. The van der Waals surface area contributed by atoms with E-state index in [2.05, 4.69) is 15.0 Å². The van der Waals surface area contributed by atoms with Gasteiger partial charge in [0.15, 0.2) is 0 Å². The van der Waals surface area contributed by atoms with E-state index in [0.717, 1.165) is 25.0 Å². The summed E-state index contributed by atoms with van der Waals surface area (Å²) < 4.78 is 5.36. The first-order valence-electron chi connectivity index (χ1n) is 9.67. The fraction of sp³-hybridized carbons (Fsp3) is 0.286. The number of hydrazine groups is 1. The van der Waals surface area contributed by atoms with Gasteiger partial charge in [-0.1, -0.05) is 18.2 Å². The standard InChI is InChI=1S/C21H25N7O2/c1-30-16-7-3-6-14-18(26-20(23)27-19(14)16)15(22)12-28(24)11-13-5-2-8-17(25-13)21(29)9-4-10-21/h2-3,5-8,12,29H,4,9-11,22,24H2,1H3,(H2,23,26,27)/b15-12-. The van der Waals surface area contributed by atoms with Crippen LogP contribution in [0.2, 0.25) is 0 Å². The number of rotatable bonds is 6. The first-order chi connectivity index (χ1) is 14.4. The van der Waals surface area contributed by atoms with E-state index >= 15 is 0 Å². The average molecular weight is 407 g/mol. The van der Waals surface area contributed by atoms with Crippen LogP contribution in [0.3, 0.4) is 0 Å². The van der Waals surface area contributed by atoms with E-state index < -0.39 is 5.60 Å². The quantitative estimate of drug-likeness (QED) is 0.353. The lowest BCUT2D eigenvalue weighted by atomic mass is 9.77. The lowest BCUT2D eigenvalue weighted by Gasteiger charge is -2.36. The Bertz CT molecular complexity index is 1110. The van der Waals surface area contributed by atoms with Crippen molar-refractivity contribution < 1.29 is 9.84 Å². The van der Waals surface area contributed by atoms with Gasteiger partial charge < -0.3 is 26.3 Å². The molecule has 0 saturated heterocycles. The Hall–Kier alpha value is -3.43. The van der Waals surface area contributed by atoms with Crippen molar-refractivity contribution in [3.8, 4) is 5.75 Å². The highest BCUT2D eigenvalue weighted by Gasteiger charge is 2.37. The minimum absolute atomic E-state index is 0.0880. The van der Waals surface area contributed by atoms with E-state index in [4.69, 9.17) is 22.0 Å². The molecule has 2 aromatic heterocycles. The van der Waals surface area contributed by atoms with Crippen LogP contribution >= 0.6 is 0 Å². The van der Waals surface area contributed by atoms with Gasteiger partial charge in [-0.05, 0) is 37.5 Å². The van der Waals surface area contributed by atoms with Crippen LogP contribution in [0.1, 0.15) is 36.3 Å². The molecule has 0 radical (unpaired) electrons. The second-order valence-corrected chi connectivity index (χ2v) is 7.44. The number of aliphatic hydroxyl groups is 1. The highest BCUT2D eigenvalue weighted by Crippen LogP contribution is 2.40. The van der Waals surface area contributed by atoms with E-state index in [1.807, 2.05) is 30.3 Å². The van der Waals surface area contributed by atoms with Crippen LogP contribution in [0.15, 0.2) is 42.6 Å². The van der Waals surface area contributed by atoms with Crippen LogP contribution < -0.4 is 22.0 Å². The number of nitrogen functional groups attached to an aromatic ring is 1. The van der Waals surface area contributed by atoms with Crippen LogP contribution in [-0.4, -0.2) is 32.2 Å². The third-order valence-electron chi connectivity index (χ3n) is 5.31. The Morgan fingerprint density at radius 3 is 2.67 bits per heavy atom. The van der Waals surface area contributed by atoms with Gasteiger partial charge in [-0.3, -0.25) is 4.98 Å². The van der Waals surface area contributed by atoms with Crippen molar-refractivity contribution in [1.82, 2.24) is 20.0 Å². The van der Waals surface area contributed by atoms with Crippen molar-refractivity contribution in [2.75, 3.05) is 12.8 Å². The summed E-state index contributed by atoms with van der Waals surface area (Å²) in [6.07, 6.45) is 4.04. The zero-order valence-electron chi connectivity index (χ0n) is 16.7. The van der Waals surface area contributed by atoms with E-state index in [1.54, 1.807) is 19.4 Å². The van der Waals surface area contributed by atoms with Gasteiger partial charge >= 0.3 is 0 Å². The maximum absolute atomic E-state index is 10.5. The molecule has 0 unspecified atom stereocenters. The summed E-state index contributed by atoms with van der Waals surface area (Å²) in [4.78, 5) is 13.1. The molecule has 1 aliphatic rings. The molecular formula is C21H25N7O2. The highest BCUT2D eigenvalue weighted by molar-refractivity contribution is 5.93. The van der Waals surface area contributed by atoms with Crippen molar-refractivity contribution in [3.05, 3.63) is 59.7 Å². The number of para-hydroxylation sites is 1. The van der Waals surface area contributed by atoms with Crippen LogP contribution in [0.5, 0.6) is 5.75 Å². The first kappa shape index (κ1) is 19.9. The Balaban J connectivity index is 1.60. The monoisotopic (exact) mass is 407 g/mol.